The number of carbonyl (C=O) groups excluding carboxylic acids is 1. The number of nitrogens with zero attached hydrogens (tertiary/aromatic N) is 4. The quantitative estimate of drug-likeness (QED) is 0.569. The van der Waals surface area contributed by atoms with E-state index in [0.717, 1.165) is 43.3 Å². The maximum Gasteiger partial charge on any atom is 0.416 e. The number of aromatic amines is 1. The zero-order valence-electron chi connectivity index (χ0n) is 20.9. The molecule has 0 aromatic carbocycles. The number of halogens is 3. The smallest absolute Gasteiger partial charge is 0.380 e. The highest BCUT2D eigenvalue weighted by atomic mass is 19.4. The summed E-state index contributed by atoms with van der Waals surface area (Å²) in [4.78, 5) is 36.9. The van der Waals surface area contributed by atoms with Gasteiger partial charge in [0.25, 0.3) is 5.56 Å². The van der Waals surface area contributed by atoms with Crippen molar-refractivity contribution < 1.29 is 27.4 Å². The number of imidazole rings is 1. The molecule has 206 valence electrons. The number of hydrogen-bond donors (Lipinski definition) is 2. The predicted octanol–water partition coefficient (Wildman–Crippen LogP) is 1.07. The molecule has 5 heterocycles. The van der Waals surface area contributed by atoms with Gasteiger partial charge in [0.2, 0.25) is 5.91 Å². The van der Waals surface area contributed by atoms with E-state index in [9.17, 15) is 22.8 Å². The molecular formula is C25H31F3N6O4. The van der Waals surface area contributed by atoms with Crippen LogP contribution >= 0.6 is 0 Å². The van der Waals surface area contributed by atoms with Gasteiger partial charge in [0.05, 0.1) is 48.6 Å². The van der Waals surface area contributed by atoms with E-state index in [0.29, 0.717) is 32.3 Å². The van der Waals surface area contributed by atoms with Crippen molar-refractivity contribution in [2.45, 2.75) is 62.8 Å². The Balaban J connectivity index is 1.11. The van der Waals surface area contributed by atoms with Gasteiger partial charge < -0.3 is 24.3 Å². The molecule has 10 nitrogen and oxygen atoms in total. The summed E-state index contributed by atoms with van der Waals surface area (Å²) in [5, 5.41) is 3.13. The van der Waals surface area contributed by atoms with Crippen LogP contribution in [0.4, 0.5) is 13.2 Å². The van der Waals surface area contributed by atoms with Gasteiger partial charge in [-0.25, -0.2) is 4.98 Å². The van der Waals surface area contributed by atoms with Crippen molar-refractivity contribution in [3.63, 3.8) is 0 Å². The average molecular weight is 537 g/mol. The van der Waals surface area contributed by atoms with Crippen molar-refractivity contribution in [3.8, 4) is 0 Å². The standard InChI is InChI=1S/C25H31F3N6O4/c26-25(27,28)15-7-17-9-32(4-5-34(17)23(36)8-15)12-22(35)31-19-10-33(16-3-6-37-13-16)11-21(19)38-20-2-1-18-24(20)30-14-29-18/h7-8,14,16,19-21H,1-6,9-13H2,(H,29,30)(H,31,35)/t16?,19?,20?,21-/m0/s1. The van der Waals surface area contributed by atoms with Gasteiger partial charge in [-0.3, -0.25) is 19.4 Å². The lowest BCUT2D eigenvalue weighted by molar-refractivity contribution is -0.138. The van der Waals surface area contributed by atoms with Crippen LogP contribution in [0.3, 0.4) is 0 Å². The summed E-state index contributed by atoms with van der Waals surface area (Å²) in [6, 6.07) is 1.68. The summed E-state index contributed by atoms with van der Waals surface area (Å²) in [6.07, 6.45) is -0.607. The number of aryl methyl sites for hydroxylation is 1. The van der Waals surface area contributed by atoms with Crippen LogP contribution in [-0.2, 0) is 40.0 Å². The fourth-order valence-corrected chi connectivity index (χ4v) is 6.10. The van der Waals surface area contributed by atoms with E-state index in [1.807, 2.05) is 0 Å². The molecule has 1 aliphatic carbocycles. The highest BCUT2D eigenvalue weighted by Gasteiger charge is 2.41. The lowest BCUT2D eigenvalue weighted by Crippen LogP contribution is -2.49. The molecule has 1 amide bonds. The van der Waals surface area contributed by atoms with Crippen LogP contribution in [0.2, 0.25) is 0 Å². The minimum atomic E-state index is -4.60. The molecule has 2 N–H and O–H groups in total. The van der Waals surface area contributed by atoms with Crippen LogP contribution in [-0.4, -0.2) is 87.8 Å². The zero-order valence-corrected chi connectivity index (χ0v) is 20.9. The first-order valence-corrected chi connectivity index (χ1v) is 13.1. The van der Waals surface area contributed by atoms with Crippen LogP contribution in [0.25, 0.3) is 0 Å². The first-order chi connectivity index (χ1) is 18.2. The Kier molecular flexibility index (Phi) is 6.79. The van der Waals surface area contributed by atoms with Gasteiger partial charge in [-0.15, -0.1) is 0 Å². The number of likely N-dealkylation sites (tertiary alicyclic amines) is 1. The molecule has 4 atom stereocenters. The topological polar surface area (TPSA) is 105 Å². The Morgan fingerprint density at radius 2 is 2.11 bits per heavy atom. The number of rotatable bonds is 6. The van der Waals surface area contributed by atoms with Crippen molar-refractivity contribution in [2.75, 3.05) is 39.4 Å². The molecule has 0 radical (unpaired) electrons. The third-order valence-electron chi connectivity index (χ3n) is 8.05. The summed E-state index contributed by atoms with van der Waals surface area (Å²) >= 11 is 0. The molecule has 3 unspecified atom stereocenters. The summed E-state index contributed by atoms with van der Waals surface area (Å²) in [5.74, 6) is -0.218. The fourth-order valence-electron chi connectivity index (χ4n) is 6.10. The molecule has 0 bridgehead atoms. The summed E-state index contributed by atoms with van der Waals surface area (Å²) in [5.41, 5.74) is 0.642. The number of aromatic nitrogens is 3. The van der Waals surface area contributed by atoms with Crippen LogP contribution < -0.4 is 10.9 Å². The fraction of sp³-hybridized carbons (Fsp3) is 0.640. The zero-order chi connectivity index (χ0) is 26.4. The minimum Gasteiger partial charge on any atom is -0.380 e. The third kappa shape index (κ3) is 5.12. The number of ether oxygens (including phenoxy) is 2. The van der Waals surface area contributed by atoms with E-state index in [1.54, 1.807) is 11.2 Å². The SMILES string of the molecule is O=C(CN1CCn2c(cc(C(F)(F)F)cc2=O)C1)NC1CN(C2CCOC2)C[C@@H]1OC1CCc2nc[nH]c21. The van der Waals surface area contributed by atoms with E-state index in [2.05, 4.69) is 20.2 Å². The van der Waals surface area contributed by atoms with E-state index < -0.39 is 17.3 Å². The third-order valence-corrected chi connectivity index (χ3v) is 8.05. The second-order valence-corrected chi connectivity index (χ2v) is 10.5. The molecule has 38 heavy (non-hydrogen) atoms. The number of nitrogens with one attached hydrogen (secondary N) is 2. The molecule has 2 aromatic rings. The lowest BCUT2D eigenvalue weighted by atomic mass is 10.1. The molecule has 6 rings (SSSR count). The van der Waals surface area contributed by atoms with Gasteiger partial charge >= 0.3 is 6.18 Å². The number of H-pyrrole nitrogens is 1. The van der Waals surface area contributed by atoms with E-state index in [1.165, 1.54) is 4.57 Å². The molecule has 2 fully saturated rings. The highest BCUT2D eigenvalue weighted by Crippen LogP contribution is 2.34. The minimum absolute atomic E-state index is 0.0221. The Labute approximate surface area is 217 Å². The number of pyridine rings is 1. The Morgan fingerprint density at radius 1 is 1.24 bits per heavy atom. The second kappa shape index (κ2) is 10.1. The maximum atomic E-state index is 13.2. The van der Waals surface area contributed by atoms with E-state index >= 15 is 0 Å². The van der Waals surface area contributed by atoms with Crippen molar-refractivity contribution in [1.29, 1.82) is 0 Å². The lowest BCUT2D eigenvalue weighted by Gasteiger charge is -2.30. The number of carbonyl (C=O) groups is 1. The first kappa shape index (κ1) is 25.5. The monoisotopic (exact) mass is 536 g/mol. The van der Waals surface area contributed by atoms with Crippen molar-refractivity contribution in [3.05, 3.63) is 51.5 Å². The molecule has 2 aromatic heterocycles. The number of alkyl halides is 3. The summed E-state index contributed by atoms with van der Waals surface area (Å²) < 4.78 is 53.1. The van der Waals surface area contributed by atoms with Gasteiger partial charge in [-0.2, -0.15) is 13.2 Å². The number of fused-ring (bicyclic) bond motifs is 2. The highest BCUT2D eigenvalue weighted by molar-refractivity contribution is 5.78. The molecule has 4 aliphatic rings. The second-order valence-electron chi connectivity index (χ2n) is 10.5. The average Bonchev–Trinajstić information content (AvgIpc) is 3.65. The van der Waals surface area contributed by atoms with Crippen molar-refractivity contribution in [2.24, 2.45) is 0 Å². The Bertz CT molecular complexity index is 1240. The summed E-state index contributed by atoms with van der Waals surface area (Å²) in [7, 11) is 0. The van der Waals surface area contributed by atoms with Gasteiger partial charge in [-0.05, 0) is 25.3 Å². The predicted molar refractivity (Wildman–Crippen MR) is 128 cm³/mol. The van der Waals surface area contributed by atoms with Crippen LogP contribution in [0.1, 0.15) is 41.6 Å². The van der Waals surface area contributed by atoms with Gasteiger partial charge in [0.15, 0.2) is 0 Å². The number of amides is 1. The summed E-state index contributed by atoms with van der Waals surface area (Å²) in [6.45, 7) is 3.44. The molecule has 0 saturated carbocycles. The molecule has 3 aliphatic heterocycles. The number of hydrogen-bond acceptors (Lipinski definition) is 7. The first-order valence-electron chi connectivity index (χ1n) is 13.1. The largest absolute Gasteiger partial charge is 0.416 e. The van der Waals surface area contributed by atoms with Crippen LogP contribution in [0, 0.1) is 0 Å². The maximum absolute atomic E-state index is 13.2. The van der Waals surface area contributed by atoms with Gasteiger partial charge in [0, 0.05) is 57.1 Å². The van der Waals surface area contributed by atoms with Gasteiger partial charge in [0.1, 0.15) is 6.10 Å². The van der Waals surface area contributed by atoms with Crippen molar-refractivity contribution >= 4 is 5.91 Å². The van der Waals surface area contributed by atoms with Crippen LogP contribution in [0.15, 0.2) is 23.3 Å². The Morgan fingerprint density at radius 3 is 2.89 bits per heavy atom. The van der Waals surface area contributed by atoms with Gasteiger partial charge in [-0.1, -0.05) is 0 Å². The van der Waals surface area contributed by atoms with Crippen molar-refractivity contribution in [1.82, 2.24) is 29.7 Å². The molecular weight excluding hydrogens is 505 g/mol. The van der Waals surface area contributed by atoms with Crippen LogP contribution in [0.5, 0.6) is 0 Å². The molecule has 2 saturated heterocycles. The Hall–Kier alpha value is -2.74. The van der Waals surface area contributed by atoms with E-state index in [-0.39, 0.29) is 55.5 Å². The molecule has 13 heteroatoms. The van der Waals surface area contributed by atoms with E-state index in [4.69, 9.17) is 9.47 Å². The normalized spacial score (nSPS) is 28.0. The molecule has 0 spiro atoms.